The molecule has 0 atom stereocenters. The van der Waals surface area contributed by atoms with E-state index in [1.165, 1.54) is 34.2 Å². The van der Waals surface area contributed by atoms with Gasteiger partial charge in [-0.2, -0.15) is 0 Å². The summed E-state index contributed by atoms with van der Waals surface area (Å²) in [4.78, 5) is 11.8. The van der Waals surface area contributed by atoms with Crippen molar-refractivity contribution >= 4 is 39.8 Å². The molecule has 0 aliphatic rings. The number of amides is 1. The Kier molecular flexibility index (Phi) is 7.52. The second kappa shape index (κ2) is 9.64. The van der Waals surface area contributed by atoms with Gasteiger partial charge in [0.05, 0.1) is 5.75 Å². The molecule has 2 N–H and O–H groups in total. The fourth-order valence-electron chi connectivity index (χ4n) is 2.17. The van der Waals surface area contributed by atoms with Crippen LogP contribution in [0.15, 0.2) is 22.5 Å². The van der Waals surface area contributed by atoms with Crippen LogP contribution in [-0.2, 0) is 4.79 Å². The van der Waals surface area contributed by atoms with Crippen molar-refractivity contribution in [1.82, 2.24) is 15.5 Å². The second-order valence-corrected chi connectivity index (χ2v) is 7.86. The molecule has 0 saturated heterocycles. The number of hydrogen-bond acceptors (Lipinski definition) is 6. The molecule has 0 aliphatic heterocycles. The van der Waals surface area contributed by atoms with Gasteiger partial charge in [-0.25, -0.2) is 0 Å². The third kappa shape index (κ3) is 6.13. The van der Waals surface area contributed by atoms with E-state index in [-0.39, 0.29) is 5.91 Å². The third-order valence-corrected chi connectivity index (χ3v) is 5.43. The molecular weight excluding hydrogens is 340 g/mol. The van der Waals surface area contributed by atoms with Gasteiger partial charge in [-0.1, -0.05) is 60.6 Å². The lowest BCUT2D eigenvalue weighted by Gasteiger charge is -2.06. The van der Waals surface area contributed by atoms with Gasteiger partial charge in [0.1, 0.15) is 0 Å². The number of aryl methyl sites for hydroxylation is 2. The molecule has 2 rings (SSSR count). The molecule has 0 unspecified atom stereocenters. The topological polar surface area (TPSA) is 66.9 Å². The van der Waals surface area contributed by atoms with Crippen molar-refractivity contribution in [2.24, 2.45) is 0 Å². The van der Waals surface area contributed by atoms with Crippen LogP contribution in [0.1, 0.15) is 37.3 Å². The van der Waals surface area contributed by atoms with E-state index >= 15 is 0 Å². The summed E-state index contributed by atoms with van der Waals surface area (Å²) in [6.45, 7) is 7.04. The Morgan fingerprint density at radius 3 is 2.83 bits per heavy atom. The fourth-order valence-corrected chi connectivity index (χ4v) is 3.76. The minimum absolute atomic E-state index is 0.0511. The van der Waals surface area contributed by atoms with E-state index in [9.17, 15) is 4.79 Å². The average molecular weight is 365 g/mol. The molecule has 2 aromatic rings. The minimum Gasteiger partial charge on any atom is -0.355 e. The molecule has 5 nitrogen and oxygen atoms in total. The first-order valence-electron chi connectivity index (χ1n) is 8.15. The zero-order valence-electron chi connectivity index (χ0n) is 14.4. The van der Waals surface area contributed by atoms with Crippen LogP contribution in [0.3, 0.4) is 0 Å². The number of carbonyl (C=O) groups excluding carboxylic acids is 1. The van der Waals surface area contributed by atoms with Crippen molar-refractivity contribution < 1.29 is 4.79 Å². The Morgan fingerprint density at radius 2 is 2.08 bits per heavy atom. The summed E-state index contributed by atoms with van der Waals surface area (Å²) in [5.41, 5.74) is 3.43. The maximum atomic E-state index is 11.8. The zero-order chi connectivity index (χ0) is 17.4. The van der Waals surface area contributed by atoms with Crippen LogP contribution >= 0.6 is 23.1 Å². The molecule has 0 radical (unpaired) electrons. The Hall–Kier alpha value is -1.60. The molecule has 1 heterocycles. The highest BCUT2D eigenvalue weighted by atomic mass is 32.2. The lowest BCUT2D eigenvalue weighted by Crippen LogP contribution is -2.26. The first kappa shape index (κ1) is 18.7. The number of rotatable bonds is 9. The highest BCUT2D eigenvalue weighted by molar-refractivity contribution is 8.01. The standard InChI is InChI=1S/C17H24N4OS2/c1-4-5-6-9-18-15(22)11-23-17-21-20-16(24-17)19-14-8-7-12(2)10-13(14)3/h7-8,10H,4-6,9,11H2,1-3H3,(H,18,22)(H,19,20). The molecule has 0 fully saturated rings. The number of aromatic nitrogens is 2. The van der Waals surface area contributed by atoms with Crippen molar-refractivity contribution in [3.8, 4) is 0 Å². The molecule has 0 saturated carbocycles. The normalized spacial score (nSPS) is 10.6. The number of hydrogen-bond donors (Lipinski definition) is 2. The minimum atomic E-state index is 0.0511. The number of nitrogens with zero attached hydrogens (tertiary/aromatic N) is 2. The molecular formula is C17H24N4OS2. The maximum absolute atomic E-state index is 11.8. The van der Waals surface area contributed by atoms with E-state index in [0.717, 1.165) is 41.0 Å². The van der Waals surface area contributed by atoms with Gasteiger partial charge in [0, 0.05) is 12.2 Å². The molecule has 0 bridgehead atoms. The van der Waals surface area contributed by atoms with Gasteiger partial charge in [-0.05, 0) is 31.9 Å². The highest BCUT2D eigenvalue weighted by Gasteiger charge is 2.09. The molecule has 1 aromatic heterocycles. The van der Waals surface area contributed by atoms with Crippen molar-refractivity contribution in [1.29, 1.82) is 0 Å². The summed E-state index contributed by atoms with van der Waals surface area (Å²) in [6, 6.07) is 6.24. The van der Waals surface area contributed by atoms with Crippen LogP contribution in [0.2, 0.25) is 0 Å². The SMILES string of the molecule is CCCCCNC(=O)CSc1nnc(Nc2ccc(C)cc2C)s1. The monoisotopic (exact) mass is 364 g/mol. The van der Waals surface area contributed by atoms with E-state index in [0.29, 0.717) is 5.75 Å². The fraction of sp³-hybridized carbons (Fsp3) is 0.471. The molecule has 1 amide bonds. The number of nitrogens with one attached hydrogen (secondary N) is 2. The molecule has 24 heavy (non-hydrogen) atoms. The Labute approximate surface area is 151 Å². The maximum Gasteiger partial charge on any atom is 0.230 e. The van der Waals surface area contributed by atoms with E-state index in [2.05, 4.69) is 53.7 Å². The van der Waals surface area contributed by atoms with Crippen molar-refractivity contribution in [2.45, 2.75) is 44.4 Å². The van der Waals surface area contributed by atoms with Crippen molar-refractivity contribution in [3.63, 3.8) is 0 Å². The summed E-state index contributed by atoms with van der Waals surface area (Å²) in [6.07, 6.45) is 3.35. The van der Waals surface area contributed by atoms with Gasteiger partial charge < -0.3 is 10.6 Å². The average Bonchev–Trinajstić information content (AvgIpc) is 3.00. The lowest BCUT2D eigenvalue weighted by atomic mass is 10.1. The van der Waals surface area contributed by atoms with Crippen LogP contribution < -0.4 is 10.6 Å². The van der Waals surface area contributed by atoms with Crippen LogP contribution in [0, 0.1) is 13.8 Å². The number of anilines is 2. The largest absolute Gasteiger partial charge is 0.355 e. The molecule has 1 aromatic carbocycles. The van der Waals surface area contributed by atoms with Gasteiger partial charge in [0.15, 0.2) is 4.34 Å². The third-order valence-electron chi connectivity index (χ3n) is 3.46. The van der Waals surface area contributed by atoms with Crippen LogP contribution in [-0.4, -0.2) is 28.4 Å². The van der Waals surface area contributed by atoms with E-state index < -0.39 is 0 Å². The van der Waals surface area contributed by atoms with Gasteiger partial charge in [-0.3, -0.25) is 4.79 Å². The number of unbranched alkanes of at least 4 members (excludes halogenated alkanes) is 2. The van der Waals surface area contributed by atoms with E-state index in [1.807, 2.05) is 6.07 Å². The highest BCUT2D eigenvalue weighted by Crippen LogP contribution is 2.28. The van der Waals surface area contributed by atoms with Crippen LogP contribution in [0.4, 0.5) is 10.8 Å². The van der Waals surface area contributed by atoms with Crippen LogP contribution in [0.25, 0.3) is 0 Å². The predicted octanol–water partition coefficient (Wildman–Crippen LogP) is 4.30. The number of thioether (sulfide) groups is 1. The summed E-state index contributed by atoms with van der Waals surface area (Å²) < 4.78 is 0.797. The van der Waals surface area contributed by atoms with Crippen molar-refractivity contribution in [3.05, 3.63) is 29.3 Å². The first-order valence-corrected chi connectivity index (χ1v) is 9.96. The summed E-state index contributed by atoms with van der Waals surface area (Å²) in [7, 11) is 0. The van der Waals surface area contributed by atoms with E-state index in [4.69, 9.17) is 0 Å². The molecule has 7 heteroatoms. The second-order valence-electron chi connectivity index (χ2n) is 5.66. The first-order chi connectivity index (χ1) is 11.6. The van der Waals surface area contributed by atoms with Crippen molar-refractivity contribution in [2.75, 3.05) is 17.6 Å². The quantitative estimate of drug-likeness (QED) is 0.513. The zero-order valence-corrected chi connectivity index (χ0v) is 16.0. The molecule has 0 spiro atoms. The van der Waals surface area contributed by atoms with Crippen LogP contribution in [0.5, 0.6) is 0 Å². The smallest absolute Gasteiger partial charge is 0.230 e. The van der Waals surface area contributed by atoms with E-state index in [1.54, 1.807) is 0 Å². The Bertz CT molecular complexity index is 672. The van der Waals surface area contributed by atoms with Gasteiger partial charge in [0.2, 0.25) is 11.0 Å². The predicted molar refractivity (Wildman–Crippen MR) is 102 cm³/mol. The van der Waals surface area contributed by atoms with Gasteiger partial charge in [0.25, 0.3) is 0 Å². The lowest BCUT2D eigenvalue weighted by molar-refractivity contribution is -0.118. The Balaban J connectivity index is 1.79. The summed E-state index contributed by atoms with van der Waals surface area (Å²) in [5, 5.41) is 15.2. The molecule has 0 aliphatic carbocycles. The number of benzene rings is 1. The summed E-state index contributed by atoms with van der Waals surface area (Å²) in [5.74, 6) is 0.430. The Morgan fingerprint density at radius 1 is 1.25 bits per heavy atom. The van der Waals surface area contributed by atoms with Gasteiger partial charge >= 0.3 is 0 Å². The molecule has 130 valence electrons. The van der Waals surface area contributed by atoms with Gasteiger partial charge in [-0.15, -0.1) is 10.2 Å². The number of carbonyl (C=O) groups is 1. The summed E-state index contributed by atoms with van der Waals surface area (Å²) >= 11 is 2.89.